The van der Waals surface area contributed by atoms with Gasteiger partial charge in [-0.3, -0.25) is 0 Å². The molecule has 11 nitrogen and oxygen atoms in total. The maximum absolute atomic E-state index is 11.3. The first-order chi connectivity index (χ1) is 18.4. The highest BCUT2D eigenvalue weighted by Gasteiger charge is 2.49. The van der Waals surface area contributed by atoms with Gasteiger partial charge in [-0.2, -0.15) is 0 Å². The molecule has 0 radical (unpaired) electrons. The molecule has 10 atom stereocenters. The number of aliphatic hydroxyl groups is 5. The average Bonchev–Trinajstić information content (AvgIpc) is 2.95. The zero-order valence-corrected chi connectivity index (χ0v) is 21.1. The van der Waals surface area contributed by atoms with Crippen LogP contribution >= 0.6 is 0 Å². The van der Waals surface area contributed by atoms with Crippen LogP contribution < -0.4 is 0 Å². The molecule has 0 aliphatic carbocycles. The summed E-state index contributed by atoms with van der Waals surface area (Å²) in [6, 6.07) is 19.0. The van der Waals surface area contributed by atoms with Gasteiger partial charge in [-0.05, 0) is 11.1 Å². The van der Waals surface area contributed by atoms with Gasteiger partial charge in [-0.1, -0.05) is 60.7 Å². The van der Waals surface area contributed by atoms with E-state index < -0.39 is 68.0 Å². The van der Waals surface area contributed by atoms with Crippen LogP contribution in [0.25, 0.3) is 0 Å². The summed E-state index contributed by atoms with van der Waals surface area (Å²) < 4.78 is 34.8. The molecule has 0 amide bonds. The Morgan fingerprint density at radius 1 is 0.632 bits per heavy atom. The van der Waals surface area contributed by atoms with E-state index in [1.807, 2.05) is 60.7 Å². The fourth-order valence-electron chi connectivity index (χ4n) is 4.51. The van der Waals surface area contributed by atoms with Crippen molar-refractivity contribution in [2.45, 2.75) is 74.6 Å². The molecule has 0 saturated carbocycles. The zero-order valence-electron chi connectivity index (χ0n) is 21.1. The Balaban J connectivity index is 1.46. The molecule has 0 aromatic heterocycles. The summed E-state index contributed by atoms with van der Waals surface area (Å²) in [4.78, 5) is 0. The third-order valence-electron chi connectivity index (χ3n) is 6.69. The van der Waals surface area contributed by atoms with E-state index in [2.05, 4.69) is 0 Å². The van der Waals surface area contributed by atoms with Crippen molar-refractivity contribution in [2.24, 2.45) is 0 Å². The third-order valence-corrected chi connectivity index (χ3v) is 6.69. The Morgan fingerprint density at radius 2 is 1.18 bits per heavy atom. The molecular weight excluding hydrogens is 500 g/mol. The van der Waals surface area contributed by atoms with Crippen LogP contribution in [-0.4, -0.2) is 107 Å². The maximum Gasteiger partial charge on any atom is 0.186 e. The smallest absolute Gasteiger partial charge is 0.186 e. The second-order valence-corrected chi connectivity index (χ2v) is 9.32. The van der Waals surface area contributed by atoms with Gasteiger partial charge in [0.25, 0.3) is 0 Å². The van der Waals surface area contributed by atoms with E-state index >= 15 is 0 Å². The van der Waals surface area contributed by atoms with Crippen molar-refractivity contribution in [1.29, 1.82) is 0 Å². The maximum atomic E-state index is 11.3. The van der Waals surface area contributed by atoms with Crippen molar-refractivity contribution < 1.29 is 54.0 Å². The van der Waals surface area contributed by atoms with E-state index in [9.17, 15) is 25.5 Å². The molecule has 2 heterocycles. The number of ether oxygens (including phenoxy) is 6. The lowest BCUT2D eigenvalue weighted by molar-refractivity contribution is -0.336. The molecule has 5 N–H and O–H groups in total. The van der Waals surface area contributed by atoms with Crippen LogP contribution in [0.1, 0.15) is 11.1 Å². The Labute approximate surface area is 221 Å². The van der Waals surface area contributed by atoms with Crippen LogP contribution in [0.2, 0.25) is 0 Å². The summed E-state index contributed by atoms with van der Waals surface area (Å²) in [5, 5.41) is 51.0. The number of rotatable bonds is 11. The summed E-state index contributed by atoms with van der Waals surface area (Å²) in [6.45, 7) is -0.432. The number of hydrogen-bond acceptors (Lipinski definition) is 11. The lowest BCUT2D eigenvalue weighted by Gasteiger charge is -2.44. The van der Waals surface area contributed by atoms with Crippen molar-refractivity contribution in [3.05, 3.63) is 71.8 Å². The lowest BCUT2D eigenvalue weighted by atomic mass is 9.98. The van der Waals surface area contributed by atoms with Gasteiger partial charge in [-0.25, -0.2) is 0 Å². The first-order valence-electron chi connectivity index (χ1n) is 12.5. The molecule has 38 heavy (non-hydrogen) atoms. The van der Waals surface area contributed by atoms with Crippen LogP contribution in [0.3, 0.4) is 0 Å². The van der Waals surface area contributed by atoms with E-state index in [0.29, 0.717) is 0 Å². The van der Waals surface area contributed by atoms with E-state index in [0.717, 1.165) is 11.1 Å². The molecule has 2 aliphatic rings. The monoisotopic (exact) mass is 536 g/mol. The SMILES string of the molecule is CO[C@H]1O[C@H](CO[C@@H]2O[C@H](CO)[C@H](O)[C@H](O)[C@H]2O)[C@@H](O)[C@H](OCc2ccccc2)[C@H]1OCc1ccccc1. The number of benzene rings is 2. The summed E-state index contributed by atoms with van der Waals surface area (Å²) in [5.74, 6) is 0. The van der Waals surface area contributed by atoms with Gasteiger partial charge in [0.15, 0.2) is 12.6 Å². The molecule has 0 spiro atoms. The second-order valence-electron chi connectivity index (χ2n) is 9.32. The van der Waals surface area contributed by atoms with Crippen molar-refractivity contribution in [3.63, 3.8) is 0 Å². The van der Waals surface area contributed by atoms with Crippen LogP contribution in [0.4, 0.5) is 0 Å². The Hall–Kier alpha value is -2.00. The standard InChI is InChI=1S/C27H36O11/c1-33-27-25(35-14-17-10-6-3-7-11-17)24(34-13-16-8-4-2-5-9-16)21(30)19(38-27)15-36-26-23(32)22(31)20(29)18(12-28)37-26/h2-11,18-32H,12-15H2,1H3/t18-,19-,20+,21-,22+,23-,24+,25-,26-,27+/m1/s1. The Morgan fingerprint density at radius 3 is 1.74 bits per heavy atom. The topological polar surface area (TPSA) is 157 Å². The molecule has 2 saturated heterocycles. The molecule has 210 valence electrons. The first-order valence-corrected chi connectivity index (χ1v) is 12.5. The van der Waals surface area contributed by atoms with Gasteiger partial charge in [0.05, 0.1) is 26.4 Å². The van der Waals surface area contributed by atoms with E-state index in [-0.39, 0.29) is 19.8 Å². The van der Waals surface area contributed by atoms with E-state index in [1.54, 1.807) is 0 Å². The largest absolute Gasteiger partial charge is 0.394 e. The molecule has 4 rings (SSSR count). The Bertz CT molecular complexity index is 947. The normalized spacial score (nSPS) is 35.7. The minimum absolute atomic E-state index is 0.199. The molecule has 0 unspecified atom stereocenters. The van der Waals surface area contributed by atoms with Crippen molar-refractivity contribution >= 4 is 0 Å². The molecule has 11 heteroatoms. The van der Waals surface area contributed by atoms with Crippen molar-refractivity contribution in [2.75, 3.05) is 20.3 Å². The summed E-state index contributed by atoms with van der Waals surface area (Å²) >= 11 is 0. The number of hydrogen-bond donors (Lipinski definition) is 5. The minimum Gasteiger partial charge on any atom is -0.394 e. The zero-order chi connectivity index (χ0) is 27.1. The van der Waals surface area contributed by atoms with Crippen LogP contribution in [0.15, 0.2) is 60.7 Å². The van der Waals surface area contributed by atoms with E-state index in [4.69, 9.17) is 28.4 Å². The van der Waals surface area contributed by atoms with Gasteiger partial charge >= 0.3 is 0 Å². The van der Waals surface area contributed by atoms with Gasteiger partial charge < -0.3 is 54.0 Å². The van der Waals surface area contributed by atoms with Crippen LogP contribution in [0.5, 0.6) is 0 Å². The fourth-order valence-corrected chi connectivity index (χ4v) is 4.51. The molecular formula is C27H36O11. The predicted molar refractivity (Wildman–Crippen MR) is 131 cm³/mol. The van der Waals surface area contributed by atoms with Gasteiger partial charge in [0, 0.05) is 7.11 Å². The molecule has 2 aromatic carbocycles. The van der Waals surface area contributed by atoms with Crippen LogP contribution in [-0.2, 0) is 41.6 Å². The first kappa shape index (κ1) is 29.0. The third kappa shape index (κ3) is 6.95. The lowest BCUT2D eigenvalue weighted by Crippen LogP contribution is -2.62. The quantitative estimate of drug-likeness (QED) is 0.257. The highest BCUT2D eigenvalue weighted by atomic mass is 16.7. The minimum atomic E-state index is -1.59. The average molecular weight is 537 g/mol. The van der Waals surface area contributed by atoms with Gasteiger partial charge in [-0.15, -0.1) is 0 Å². The second kappa shape index (κ2) is 13.9. The summed E-state index contributed by atoms with van der Waals surface area (Å²) in [7, 11) is 1.45. The Kier molecular flexibility index (Phi) is 10.6. The predicted octanol–water partition coefficient (Wildman–Crippen LogP) is -0.294. The van der Waals surface area contributed by atoms with Gasteiger partial charge in [0.1, 0.15) is 48.8 Å². The highest BCUT2D eigenvalue weighted by Crippen LogP contribution is 2.30. The molecule has 2 fully saturated rings. The van der Waals surface area contributed by atoms with Gasteiger partial charge in [0.2, 0.25) is 0 Å². The van der Waals surface area contributed by atoms with E-state index in [1.165, 1.54) is 7.11 Å². The van der Waals surface area contributed by atoms with Crippen LogP contribution in [0, 0.1) is 0 Å². The molecule has 2 aliphatic heterocycles. The van der Waals surface area contributed by atoms with Crippen molar-refractivity contribution in [3.8, 4) is 0 Å². The number of methoxy groups -OCH3 is 1. The highest BCUT2D eigenvalue weighted by molar-refractivity contribution is 5.14. The summed E-state index contributed by atoms with van der Waals surface area (Å²) in [5.41, 5.74) is 1.82. The fraction of sp³-hybridized carbons (Fsp3) is 0.556. The summed E-state index contributed by atoms with van der Waals surface area (Å²) in [6.07, 6.45) is -12.0. The number of aliphatic hydroxyl groups excluding tert-OH is 5. The molecule has 0 bridgehead atoms. The molecule has 2 aromatic rings. The van der Waals surface area contributed by atoms with Crippen molar-refractivity contribution in [1.82, 2.24) is 0 Å².